The lowest BCUT2D eigenvalue weighted by molar-refractivity contribution is -0.122. The molecule has 1 atom stereocenters. The summed E-state index contributed by atoms with van der Waals surface area (Å²) in [6.07, 6.45) is 0.539. The molecule has 0 saturated carbocycles. The quantitative estimate of drug-likeness (QED) is 0.482. The summed E-state index contributed by atoms with van der Waals surface area (Å²) in [5, 5.41) is 5.79. The Labute approximate surface area is 185 Å². The van der Waals surface area contributed by atoms with E-state index in [0.29, 0.717) is 28.5 Å². The summed E-state index contributed by atoms with van der Waals surface area (Å²) in [6, 6.07) is 5.32. The minimum absolute atomic E-state index is 0.0302. The van der Waals surface area contributed by atoms with Crippen molar-refractivity contribution < 1.29 is 14.3 Å². The monoisotopic (exact) mass is 471 g/mol. The van der Waals surface area contributed by atoms with Gasteiger partial charge >= 0.3 is 0 Å². The number of anilines is 3. The third-order valence-electron chi connectivity index (χ3n) is 4.28. The molecule has 0 radical (unpaired) electrons. The van der Waals surface area contributed by atoms with E-state index in [-0.39, 0.29) is 30.7 Å². The van der Waals surface area contributed by atoms with Crippen LogP contribution in [0.5, 0.6) is 11.5 Å². The lowest BCUT2D eigenvalue weighted by atomic mass is 10.2. The highest BCUT2D eigenvalue weighted by Gasteiger charge is 2.37. The highest BCUT2D eigenvalue weighted by molar-refractivity contribution is 6.68. The molecule has 4 rings (SSSR count). The first kappa shape index (κ1) is 20.6. The summed E-state index contributed by atoms with van der Waals surface area (Å²) in [7, 11) is 0. The molecular formula is C17H16Cl3N7O3. The first-order chi connectivity index (χ1) is 14.3. The average molecular weight is 473 g/mol. The number of imidazole rings is 1. The van der Waals surface area contributed by atoms with Gasteiger partial charge < -0.3 is 25.8 Å². The predicted molar refractivity (Wildman–Crippen MR) is 113 cm³/mol. The molecule has 1 aliphatic heterocycles. The summed E-state index contributed by atoms with van der Waals surface area (Å²) >= 11 is 18.3. The first-order valence-electron chi connectivity index (χ1n) is 8.79. The number of rotatable bonds is 5. The molecule has 1 aliphatic rings. The summed E-state index contributed by atoms with van der Waals surface area (Å²) in [4.78, 5) is 24.7. The zero-order valence-corrected chi connectivity index (χ0v) is 17.8. The number of alkyl halides is 3. The number of carbonyl (C=O) groups is 1. The van der Waals surface area contributed by atoms with E-state index >= 15 is 0 Å². The number of nitrogens with two attached hydrogens (primary N) is 1. The molecular weight excluding hydrogens is 457 g/mol. The SMILES string of the molecule is CCC(=O)NC(n1cnc2c(Nc3ccc4c(c3)OCO4)nc(N)nc21)C(Cl)(Cl)Cl. The summed E-state index contributed by atoms with van der Waals surface area (Å²) in [5.74, 6) is 1.24. The van der Waals surface area contributed by atoms with Gasteiger partial charge in [-0.05, 0) is 12.1 Å². The molecule has 0 spiro atoms. The van der Waals surface area contributed by atoms with Crippen LogP contribution in [0, 0.1) is 0 Å². The number of fused-ring (bicyclic) bond motifs is 2. The summed E-state index contributed by atoms with van der Waals surface area (Å²) in [6.45, 7) is 1.85. The number of halogens is 3. The summed E-state index contributed by atoms with van der Waals surface area (Å²) < 4.78 is 10.3. The van der Waals surface area contributed by atoms with Crippen LogP contribution in [0.3, 0.4) is 0 Å². The fraction of sp³-hybridized carbons (Fsp3) is 0.294. The van der Waals surface area contributed by atoms with Crippen molar-refractivity contribution >= 4 is 69.3 Å². The Hall–Kier alpha value is -2.69. The molecule has 13 heteroatoms. The van der Waals surface area contributed by atoms with E-state index in [9.17, 15) is 4.79 Å². The smallest absolute Gasteiger partial charge is 0.231 e. The molecule has 3 aromatic rings. The topological polar surface area (TPSA) is 129 Å². The first-order valence-corrected chi connectivity index (χ1v) is 9.92. The van der Waals surface area contributed by atoms with Crippen LogP contribution in [-0.2, 0) is 4.79 Å². The summed E-state index contributed by atoms with van der Waals surface area (Å²) in [5.41, 5.74) is 7.21. The zero-order chi connectivity index (χ0) is 21.5. The average Bonchev–Trinajstić information content (AvgIpc) is 3.31. The molecule has 1 amide bonds. The lowest BCUT2D eigenvalue weighted by Gasteiger charge is -2.26. The van der Waals surface area contributed by atoms with Gasteiger partial charge in [-0.25, -0.2) is 4.98 Å². The number of nitrogens with zero attached hydrogens (tertiary/aromatic N) is 4. The minimum atomic E-state index is -1.87. The van der Waals surface area contributed by atoms with Gasteiger partial charge in [-0.1, -0.05) is 41.7 Å². The van der Waals surface area contributed by atoms with Crippen molar-refractivity contribution in [1.82, 2.24) is 24.8 Å². The van der Waals surface area contributed by atoms with Gasteiger partial charge in [0.15, 0.2) is 34.6 Å². The fourth-order valence-electron chi connectivity index (χ4n) is 2.88. The Kier molecular flexibility index (Phi) is 5.39. The third-order valence-corrected chi connectivity index (χ3v) is 4.90. The van der Waals surface area contributed by atoms with Crippen molar-refractivity contribution in [2.24, 2.45) is 0 Å². The second-order valence-corrected chi connectivity index (χ2v) is 8.68. The third kappa shape index (κ3) is 3.98. The molecule has 158 valence electrons. The highest BCUT2D eigenvalue weighted by Crippen LogP contribution is 2.39. The molecule has 0 saturated heterocycles. The van der Waals surface area contributed by atoms with Crippen molar-refractivity contribution in [3.05, 3.63) is 24.5 Å². The van der Waals surface area contributed by atoms with E-state index in [1.807, 2.05) is 0 Å². The van der Waals surface area contributed by atoms with Gasteiger partial charge in [-0.2, -0.15) is 9.97 Å². The Morgan fingerprint density at radius 1 is 1.30 bits per heavy atom. The molecule has 10 nitrogen and oxygen atoms in total. The number of amides is 1. The normalized spacial score (nSPS) is 14.0. The van der Waals surface area contributed by atoms with Gasteiger partial charge in [0.05, 0.1) is 6.33 Å². The van der Waals surface area contributed by atoms with Gasteiger partial charge in [0.2, 0.25) is 22.4 Å². The predicted octanol–water partition coefficient (Wildman–Crippen LogP) is 3.28. The van der Waals surface area contributed by atoms with E-state index in [2.05, 4.69) is 25.6 Å². The number of hydrogen-bond acceptors (Lipinski definition) is 8. The van der Waals surface area contributed by atoms with Crippen molar-refractivity contribution in [3.63, 3.8) is 0 Å². The molecule has 2 aromatic heterocycles. The maximum Gasteiger partial charge on any atom is 0.231 e. The zero-order valence-electron chi connectivity index (χ0n) is 15.5. The number of aromatic nitrogens is 4. The molecule has 30 heavy (non-hydrogen) atoms. The number of benzene rings is 1. The number of nitrogens with one attached hydrogen (secondary N) is 2. The Morgan fingerprint density at radius 3 is 2.80 bits per heavy atom. The largest absolute Gasteiger partial charge is 0.454 e. The van der Waals surface area contributed by atoms with Crippen molar-refractivity contribution in [2.45, 2.75) is 23.3 Å². The van der Waals surface area contributed by atoms with Gasteiger partial charge in [0, 0.05) is 18.2 Å². The maximum absolute atomic E-state index is 12.0. The molecule has 3 heterocycles. The second kappa shape index (κ2) is 7.86. The van der Waals surface area contributed by atoms with Crippen LogP contribution < -0.4 is 25.8 Å². The van der Waals surface area contributed by atoms with E-state index in [4.69, 9.17) is 50.0 Å². The highest BCUT2D eigenvalue weighted by atomic mass is 35.6. The number of ether oxygens (including phenoxy) is 2. The standard InChI is InChI=1S/C17H16Cl3N7O3/c1-2-11(28)24-15(17(18,19)20)27-6-22-12-13(25-16(21)26-14(12)27)23-8-3-4-9-10(5-8)30-7-29-9/h3-6,15H,2,7H2,1H3,(H,24,28)(H3,21,23,25,26). The minimum Gasteiger partial charge on any atom is -0.454 e. The van der Waals surface area contributed by atoms with Crippen LogP contribution in [0.2, 0.25) is 0 Å². The second-order valence-electron chi connectivity index (χ2n) is 6.31. The molecule has 1 unspecified atom stereocenters. The lowest BCUT2D eigenvalue weighted by Crippen LogP contribution is -2.40. The number of nitrogen functional groups attached to an aromatic ring is 1. The van der Waals surface area contributed by atoms with Crippen LogP contribution in [0.25, 0.3) is 11.2 Å². The van der Waals surface area contributed by atoms with Crippen LogP contribution in [0.15, 0.2) is 24.5 Å². The van der Waals surface area contributed by atoms with E-state index < -0.39 is 9.96 Å². The van der Waals surface area contributed by atoms with Crippen molar-refractivity contribution in [1.29, 1.82) is 0 Å². The Bertz CT molecular complexity index is 1120. The molecule has 0 aliphatic carbocycles. The maximum atomic E-state index is 12.0. The van der Waals surface area contributed by atoms with E-state index in [1.165, 1.54) is 10.9 Å². The van der Waals surface area contributed by atoms with Crippen LogP contribution >= 0.6 is 34.8 Å². The van der Waals surface area contributed by atoms with Gasteiger partial charge in [-0.3, -0.25) is 9.36 Å². The molecule has 4 N–H and O–H groups in total. The van der Waals surface area contributed by atoms with E-state index in [0.717, 1.165) is 0 Å². The van der Waals surface area contributed by atoms with E-state index in [1.54, 1.807) is 25.1 Å². The fourth-order valence-corrected chi connectivity index (χ4v) is 3.36. The Morgan fingerprint density at radius 2 is 2.07 bits per heavy atom. The van der Waals surface area contributed by atoms with Gasteiger partial charge in [0.25, 0.3) is 0 Å². The van der Waals surface area contributed by atoms with Crippen LogP contribution in [-0.4, -0.2) is 36.0 Å². The molecule has 1 aromatic carbocycles. The number of carbonyl (C=O) groups excluding carboxylic acids is 1. The molecule has 0 bridgehead atoms. The van der Waals surface area contributed by atoms with Gasteiger partial charge in [0.1, 0.15) is 0 Å². The van der Waals surface area contributed by atoms with Crippen LogP contribution in [0.1, 0.15) is 19.5 Å². The molecule has 0 fully saturated rings. The number of hydrogen-bond donors (Lipinski definition) is 3. The van der Waals surface area contributed by atoms with Crippen LogP contribution in [0.4, 0.5) is 17.5 Å². The van der Waals surface area contributed by atoms with Crippen molar-refractivity contribution in [2.75, 3.05) is 17.8 Å². The Balaban J connectivity index is 1.74. The van der Waals surface area contributed by atoms with Gasteiger partial charge in [-0.15, -0.1) is 0 Å². The van der Waals surface area contributed by atoms with Crippen molar-refractivity contribution in [3.8, 4) is 11.5 Å².